The lowest BCUT2D eigenvalue weighted by Gasteiger charge is -2.34. The summed E-state index contributed by atoms with van der Waals surface area (Å²) >= 11 is 0. The number of carbonyl (C=O) groups is 1. The van der Waals surface area contributed by atoms with E-state index < -0.39 is 6.09 Å². The molecular weight excluding hydrogens is 376 g/mol. The molecule has 2 aromatic rings. The molecule has 1 fully saturated rings. The van der Waals surface area contributed by atoms with Gasteiger partial charge in [-0.15, -0.1) is 0 Å². The first-order chi connectivity index (χ1) is 14.6. The van der Waals surface area contributed by atoms with E-state index in [1.54, 1.807) is 0 Å². The van der Waals surface area contributed by atoms with Crippen molar-refractivity contribution < 1.29 is 14.3 Å². The van der Waals surface area contributed by atoms with Crippen LogP contribution in [0.1, 0.15) is 43.9 Å². The van der Waals surface area contributed by atoms with Gasteiger partial charge in [0.15, 0.2) is 0 Å². The van der Waals surface area contributed by atoms with Crippen molar-refractivity contribution in [2.45, 2.75) is 45.4 Å². The van der Waals surface area contributed by atoms with Crippen LogP contribution in [0.2, 0.25) is 0 Å². The van der Waals surface area contributed by atoms with Crippen LogP contribution in [0, 0.1) is 11.8 Å². The fourth-order valence-electron chi connectivity index (χ4n) is 4.07. The van der Waals surface area contributed by atoms with Crippen LogP contribution in [0.5, 0.6) is 0 Å². The Hall–Kier alpha value is -2.37. The summed E-state index contributed by atoms with van der Waals surface area (Å²) in [5.41, 5.74) is 1.98. The molecular formula is C25H34N2O3. The molecule has 3 rings (SSSR count). The van der Waals surface area contributed by atoms with E-state index in [1.165, 1.54) is 0 Å². The predicted octanol–water partition coefficient (Wildman–Crippen LogP) is 4.69. The number of rotatable bonds is 9. The molecule has 2 aromatic carbocycles. The van der Waals surface area contributed by atoms with Crippen molar-refractivity contribution in [2.75, 3.05) is 19.7 Å². The molecule has 0 bridgehead atoms. The number of alkyl carbamates (subject to hydrolysis) is 1. The van der Waals surface area contributed by atoms with E-state index in [2.05, 4.69) is 24.5 Å². The normalized spacial score (nSPS) is 16.8. The SMILES string of the molecule is CC(C)[C@@H](OCC(NC(=O)OCc1ccccc1)c1ccccc1)C1CCNCC1. The Bertz CT molecular complexity index is 746. The van der Waals surface area contributed by atoms with Crippen LogP contribution in [0.15, 0.2) is 60.7 Å². The maximum Gasteiger partial charge on any atom is 0.408 e. The average Bonchev–Trinajstić information content (AvgIpc) is 2.79. The van der Waals surface area contributed by atoms with Gasteiger partial charge in [0.2, 0.25) is 0 Å². The minimum absolute atomic E-state index is 0.181. The Labute approximate surface area is 180 Å². The minimum atomic E-state index is -0.431. The molecule has 5 nitrogen and oxygen atoms in total. The van der Waals surface area contributed by atoms with Crippen molar-refractivity contribution >= 4 is 6.09 Å². The minimum Gasteiger partial charge on any atom is -0.445 e. The molecule has 2 atom stereocenters. The quantitative estimate of drug-likeness (QED) is 0.629. The fourth-order valence-corrected chi connectivity index (χ4v) is 4.07. The molecule has 1 unspecified atom stereocenters. The van der Waals surface area contributed by atoms with E-state index in [1.807, 2.05) is 60.7 Å². The zero-order valence-corrected chi connectivity index (χ0v) is 18.1. The third kappa shape index (κ3) is 6.85. The molecule has 0 saturated carbocycles. The Morgan fingerprint density at radius 3 is 2.30 bits per heavy atom. The van der Waals surface area contributed by atoms with Crippen molar-refractivity contribution in [3.8, 4) is 0 Å². The van der Waals surface area contributed by atoms with Crippen LogP contribution in [-0.2, 0) is 16.1 Å². The maximum atomic E-state index is 12.5. The number of carbonyl (C=O) groups excluding carboxylic acids is 1. The lowest BCUT2D eigenvalue weighted by molar-refractivity contribution is -0.0352. The third-order valence-corrected chi connectivity index (χ3v) is 5.67. The largest absolute Gasteiger partial charge is 0.445 e. The second kappa shape index (κ2) is 11.7. The van der Waals surface area contributed by atoms with Gasteiger partial charge in [-0.3, -0.25) is 0 Å². The smallest absolute Gasteiger partial charge is 0.408 e. The first-order valence-corrected chi connectivity index (χ1v) is 11.0. The lowest BCUT2D eigenvalue weighted by atomic mass is 9.86. The number of benzene rings is 2. The highest BCUT2D eigenvalue weighted by Gasteiger charge is 2.28. The molecule has 0 aliphatic carbocycles. The van der Waals surface area contributed by atoms with Crippen LogP contribution in [-0.4, -0.2) is 31.9 Å². The van der Waals surface area contributed by atoms with E-state index in [9.17, 15) is 4.79 Å². The summed E-state index contributed by atoms with van der Waals surface area (Å²) < 4.78 is 11.9. The van der Waals surface area contributed by atoms with Gasteiger partial charge in [-0.05, 0) is 48.9 Å². The van der Waals surface area contributed by atoms with E-state index >= 15 is 0 Å². The monoisotopic (exact) mass is 410 g/mol. The standard InChI is InChI=1S/C25H34N2O3/c1-19(2)24(22-13-15-26-16-14-22)29-18-23(21-11-7-4-8-12-21)27-25(28)30-17-20-9-5-3-6-10-20/h3-12,19,22-24,26H,13-18H2,1-2H3,(H,27,28)/t23?,24-/m1/s1. The van der Waals surface area contributed by atoms with Gasteiger partial charge in [-0.2, -0.15) is 0 Å². The summed E-state index contributed by atoms with van der Waals surface area (Å²) in [4.78, 5) is 12.5. The highest BCUT2D eigenvalue weighted by Crippen LogP contribution is 2.26. The molecule has 2 N–H and O–H groups in total. The van der Waals surface area contributed by atoms with Crippen molar-refractivity contribution in [1.29, 1.82) is 0 Å². The molecule has 0 spiro atoms. The van der Waals surface area contributed by atoms with Crippen LogP contribution < -0.4 is 10.6 Å². The lowest BCUT2D eigenvalue weighted by Crippen LogP contribution is -2.40. The summed E-state index contributed by atoms with van der Waals surface area (Å²) in [6.07, 6.45) is 2.01. The highest BCUT2D eigenvalue weighted by atomic mass is 16.5. The van der Waals surface area contributed by atoms with Crippen molar-refractivity contribution in [3.05, 3.63) is 71.8 Å². The van der Waals surface area contributed by atoms with Gasteiger partial charge in [0.25, 0.3) is 0 Å². The van der Waals surface area contributed by atoms with Gasteiger partial charge in [0.1, 0.15) is 6.61 Å². The van der Waals surface area contributed by atoms with Crippen LogP contribution in [0.25, 0.3) is 0 Å². The number of hydrogen-bond acceptors (Lipinski definition) is 4. The topological polar surface area (TPSA) is 59.6 Å². The summed E-state index contributed by atoms with van der Waals surface area (Å²) in [6.45, 7) is 7.19. The first kappa shape index (κ1) is 22.3. The third-order valence-electron chi connectivity index (χ3n) is 5.67. The van der Waals surface area contributed by atoms with Gasteiger partial charge < -0.3 is 20.1 Å². The number of piperidine rings is 1. The number of nitrogens with one attached hydrogen (secondary N) is 2. The number of ether oxygens (including phenoxy) is 2. The molecule has 30 heavy (non-hydrogen) atoms. The predicted molar refractivity (Wildman–Crippen MR) is 119 cm³/mol. The summed E-state index contributed by atoms with van der Waals surface area (Å²) in [7, 11) is 0. The fraction of sp³-hybridized carbons (Fsp3) is 0.480. The molecule has 0 radical (unpaired) electrons. The second-order valence-corrected chi connectivity index (χ2v) is 8.30. The van der Waals surface area contributed by atoms with Crippen molar-refractivity contribution in [3.63, 3.8) is 0 Å². The first-order valence-electron chi connectivity index (χ1n) is 11.0. The van der Waals surface area contributed by atoms with Gasteiger partial charge >= 0.3 is 6.09 Å². The Balaban J connectivity index is 1.61. The van der Waals surface area contributed by atoms with Crippen LogP contribution >= 0.6 is 0 Å². The molecule has 1 heterocycles. The zero-order chi connectivity index (χ0) is 21.2. The molecule has 1 saturated heterocycles. The van der Waals surface area contributed by atoms with E-state index in [0.29, 0.717) is 18.4 Å². The molecule has 1 aliphatic heterocycles. The molecule has 1 amide bonds. The second-order valence-electron chi connectivity index (χ2n) is 8.30. The van der Waals surface area contributed by atoms with Crippen molar-refractivity contribution in [1.82, 2.24) is 10.6 Å². The van der Waals surface area contributed by atoms with Gasteiger partial charge in [-0.1, -0.05) is 74.5 Å². The van der Waals surface area contributed by atoms with Gasteiger partial charge in [-0.25, -0.2) is 4.79 Å². The Morgan fingerprint density at radius 1 is 1.03 bits per heavy atom. The van der Waals surface area contributed by atoms with Crippen molar-refractivity contribution in [2.24, 2.45) is 11.8 Å². The average molecular weight is 411 g/mol. The molecule has 1 aliphatic rings. The summed E-state index contributed by atoms with van der Waals surface area (Å²) in [5, 5.41) is 6.43. The zero-order valence-electron chi connectivity index (χ0n) is 18.1. The molecule has 5 heteroatoms. The highest BCUT2D eigenvalue weighted by molar-refractivity contribution is 5.68. The molecule has 162 valence electrons. The van der Waals surface area contributed by atoms with Gasteiger partial charge in [0.05, 0.1) is 18.8 Å². The Kier molecular flexibility index (Phi) is 8.72. The maximum absolute atomic E-state index is 12.5. The van der Waals surface area contributed by atoms with Crippen LogP contribution in [0.3, 0.4) is 0 Å². The van der Waals surface area contributed by atoms with E-state index in [4.69, 9.17) is 9.47 Å². The van der Waals surface area contributed by atoms with Gasteiger partial charge in [0, 0.05) is 0 Å². The summed E-state index contributed by atoms with van der Waals surface area (Å²) in [6, 6.07) is 19.4. The molecule has 0 aromatic heterocycles. The number of amides is 1. The summed E-state index contributed by atoms with van der Waals surface area (Å²) in [5.74, 6) is 0.974. The van der Waals surface area contributed by atoms with E-state index in [-0.39, 0.29) is 18.8 Å². The number of hydrogen-bond donors (Lipinski definition) is 2. The Morgan fingerprint density at radius 2 is 1.67 bits per heavy atom. The van der Waals surface area contributed by atoms with E-state index in [0.717, 1.165) is 37.1 Å². The van der Waals surface area contributed by atoms with Crippen LogP contribution in [0.4, 0.5) is 4.79 Å².